The lowest BCUT2D eigenvalue weighted by Crippen LogP contribution is -2.14. The molecule has 0 bridgehead atoms. The van der Waals surface area contributed by atoms with Crippen molar-refractivity contribution in [3.05, 3.63) is 59.7 Å². The van der Waals surface area contributed by atoms with Crippen molar-refractivity contribution in [2.24, 2.45) is 0 Å². The van der Waals surface area contributed by atoms with Crippen molar-refractivity contribution >= 4 is 17.4 Å². The molecule has 0 spiro atoms. The molecule has 114 valence electrons. The molecule has 4 heteroatoms. The molecule has 4 nitrogen and oxygen atoms in total. The maximum Gasteiger partial charge on any atom is 0.224 e. The molecule has 0 saturated carbocycles. The Balaban J connectivity index is 2.27. The van der Waals surface area contributed by atoms with Crippen LogP contribution in [-0.4, -0.2) is 18.8 Å². The summed E-state index contributed by atoms with van der Waals surface area (Å²) in [7, 11) is 1.58. The zero-order chi connectivity index (χ0) is 15.9. The minimum atomic E-state index is -0.130. The normalized spacial score (nSPS) is 10.1. The number of amides is 1. The summed E-state index contributed by atoms with van der Waals surface area (Å²) in [5, 5.41) is 2.80. The van der Waals surface area contributed by atoms with Gasteiger partial charge in [-0.25, -0.2) is 0 Å². The molecule has 2 aromatic carbocycles. The van der Waals surface area contributed by atoms with E-state index in [0.29, 0.717) is 29.0 Å². The highest BCUT2D eigenvalue weighted by Crippen LogP contribution is 2.21. The standard InChI is InChI=1S/C18H19NO3/c1-3-6-17(20)19-16-8-5-4-7-15(16)18(21)13-9-11-14(22-2)12-10-13/h4-5,7-12H,3,6H2,1-2H3,(H,19,20). The van der Waals surface area contributed by atoms with Crippen molar-refractivity contribution in [2.45, 2.75) is 19.8 Å². The lowest BCUT2D eigenvalue weighted by molar-refractivity contribution is -0.116. The summed E-state index contributed by atoms with van der Waals surface area (Å²) in [5.74, 6) is 0.480. The Morgan fingerprint density at radius 1 is 1.05 bits per heavy atom. The van der Waals surface area contributed by atoms with Crippen LogP contribution in [0.15, 0.2) is 48.5 Å². The van der Waals surface area contributed by atoms with Gasteiger partial charge in [-0.05, 0) is 42.8 Å². The van der Waals surface area contributed by atoms with Crippen LogP contribution in [0.1, 0.15) is 35.7 Å². The number of ether oxygens (including phenoxy) is 1. The second-order valence-corrected chi connectivity index (χ2v) is 4.90. The number of methoxy groups -OCH3 is 1. The molecule has 0 heterocycles. The minimum absolute atomic E-state index is 0.0857. The molecule has 0 unspecified atom stereocenters. The fourth-order valence-corrected chi connectivity index (χ4v) is 2.13. The number of carbonyl (C=O) groups is 2. The predicted octanol–water partition coefficient (Wildman–Crippen LogP) is 3.66. The van der Waals surface area contributed by atoms with E-state index in [1.165, 1.54) is 0 Å². The first kappa shape index (κ1) is 15.8. The quantitative estimate of drug-likeness (QED) is 0.828. The SMILES string of the molecule is CCCC(=O)Nc1ccccc1C(=O)c1ccc(OC)cc1. The fourth-order valence-electron chi connectivity index (χ4n) is 2.13. The fraction of sp³-hybridized carbons (Fsp3) is 0.222. The van der Waals surface area contributed by atoms with E-state index >= 15 is 0 Å². The van der Waals surface area contributed by atoms with E-state index in [1.54, 1.807) is 55.6 Å². The largest absolute Gasteiger partial charge is 0.497 e. The van der Waals surface area contributed by atoms with Crippen molar-refractivity contribution < 1.29 is 14.3 Å². The average Bonchev–Trinajstić information content (AvgIpc) is 2.55. The van der Waals surface area contributed by atoms with Crippen molar-refractivity contribution in [1.82, 2.24) is 0 Å². The van der Waals surface area contributed by atoms with Crippen molar-refractivity contribution in [3.8, 4) is 5.75 Å². The van der Waals surface area contributed by atoms with Gasteiger partial charge in [-0.2, -0.15) is 0 Å². The second kappa shape index (κ2) is 7.41. The Kier molecular flexibility index (Phi) is 5.31. The van der Waals surface area contributed by atoms with Gasteiger partial charge in [-0.1, -0.05) is 19.1 Å². The van der Waals surface area contributed by atoms with Crippen LogP contribution in [0.2, 0.25) is 0 Å². The maximum absolute atomic E-state index is 12.6. The molecule has 0 aliphatic rings. The molecule has 2 aromatic rings. The van der Waals surface area contributed by atoms with Gasteiger partial charge in [0.05, 0.1) is 12.8 Å². The van der Waals surface area contributed by atoms with E-state index in [2.05, 4.69) is 5.32 Å². The summed E-state index contributed by atoms with van der Waals surface area (Å²) >= 11 is 0. The molecule has 0 aliphatic heterocycles. The number of para-hydroxylation sites is 1. The van der Waals surface area contributed by atoms with Gasteiger partial charge in [0.15, 0.2) is 5.78 Å². The van der Waals surface area contributed by atoms with Gasteiger partial charge in [-0.3, -0.25) is 9.59 Å². The molecule has 22 heavy (non-hydrogen) atoms. The van der Waals surface area contributed by atoms with Crippen LogP contribution in [-0.2, 0) is 4.79 Å². The highest BCUT2D eigenvalue weighted by molar-refractivity contribution is 6.13. The number of rotatable bonds is 6. The van der Waals surface area contributed by atoms with E-state index in [9.17, 15) is 9.59 Å². The molecule has 1 N–H and O–H groups in total. The summed E-state index contributed by atoms with van der Waals surface area (Å²) in [5.41, 5.74) is 1.58. The summed E-state index contributed by atoms with van der Waals surface area (Å²) in [4.78, 5) is 24.4. The molecule has 0 aromatic heterocycles. The Bertz CT molecular complexity index is 662. The molecule has 0 radical (unpaired) electrons. The lowest BCUT2D eigenvalue weighted by Gasteiger charge is -2.10. The molecule has 0 saturated heterocycles. The zero-order valence-corrected chi connectivity index (χ0v) is 12.8. The third kappa shape index (κ3) is 3.73. The number of nitrogens with one attached hydrogen (secondary N) is 1. The summed E-state index contributed by atoms with van der Waals surface area (Å²) in [6, 6.07) is 14.0. The van der Waals surface area contributed by atoms with Gasteiger partial charge in [0.2, 0.25) is 5.91 Å². The second-order valence-electron chi connectivity index (χ2n) is 4.90. The third-order valence-corrected chi connectivity index (χ3v) is 3.28. The molecule has 1 amide bonds. The molecular formula is C18H19NO3. The number of benzene rings is 2. The average molecular weight is 297 g/mol. The number of ketones is 1. The number of carbonyl (C=O) groups excluding carboxylic acids is 2. The van der Waals surface area contributed by atoms with Crippen molar-refractivity contribution in [1.29, 1.82) is 0 Å². The van der Waals surface area contributed by atoms with E-state index in [1.807, 2.05) is 6.92 Å². The van der Waals surface area contributed by atoms with Gasteiger partial charge < -0.3 is 10.1 Å². The molecular weight excluding hydrogens is 278 g/mol. The van der Waals surface area contributed by atoms with Gasteiger partial charge in [0.1, 0.15) is 5.75 Å². The van der Waals surface area contributed by atoms with Gasteiger partial charge in [-0.15, -0.1) is 0 Å². The zero-order valence-electron chi connectivity index (χ0n) is 12.8. The Morgan fingerprint density at radius 2 is 1.73 bits per heavy atom. The number of hydrogen-bond acceptors (Lipinski definition) is 3. The first-order valence-electron chi connectivity index (χ1n) is 7.23. The van der Waals surface area contributed by atoms with Gasteiger partial charge in [0.25, 0.3) is 0 Å². The summed E-state index contributed by atoms with van der Waals surface area (Å²) < 4.78 is 5.09. The van der Waals surface area contributed by atoms with Crippen LogP contribution in [0.3, 0.4) is 0 Å². The first-order chi connectivity index (χ1) is 10.7. The first-order valence-corrected chi connectivity index (χ1v) is 7.23. The molecule has 2 rings (SSSR count). The highest BCUT2D eigenvalue weighted by atomic mass is 16.5. The smallest absolute Gasteiger partial charge is 0.224 e. The van der Waals surface area contributed by atoms with Crippen LogP contribution >= 0.6 is 0 Å². The predicted molar refractivity (Wildman–Crippen MR) is 86.4 cm³/mol. The lowest BCUT2D eigenvalue weighted by atomic mass is 10.0. The van der Waals surface area contributed by atoms with Crippen LogP contribution in [0, 0.1) is 0 Å². The topological polar surface area (TPSA) is 55.4 Å². The van der Waals surface area contributed by atoms with E-state index < -0.39 is 0 Å². The monoisotopic (exact) mass is 297 g/mol. The highest BCUT2D eigenvalue weighted by Gasteiger charge is 2.14. The molecule has 0 aliphatic carbocycles. The van der Waals surface area contributed by atoms with Gasteiger partial charge in [0, 0.05) is 17.5 Å². The minimum Gasteiger partial charge on any atom is -0.497 e. The van der Waals surface area contributed by atoms with E-state index in [0.717, 1.165) is 6.42 Å². The van der Waals surface area contributed by atoms with Crippen LogP contribution in [0.4, 0.5) is 5.69 Å². The number of anilines is 1. The molecule has 0 atom stereocenters. The third-order valence-electron chi connectivity index (χ3n) is 3.28. The van der Waals surface area contributed by atoms with Gasteiger partial charge >= 0.3 is 0 Å². The van der Waals surface area contributed by atoms with Crippen molar-refractivity contribution in [2.75, 3.05) is 12.4 Å². The van der Waals surface area contributed by atoms with E-state index in [-0.39, 0.29) is 11.7 Å². The maximum atomic E-state index is 12.6. The molecule has 0 fully saturated rings. The van der Waals surface area contributed by atoms with Crippen LogP contribution in [0.25, 0.3) is 0 Å². The Morgan fingerprint density at radius 3 is 2.36 bits per heavy atom. The Hall–Kier alpha value is -2.62. The number of hydrogen-bond donors (Lipinski definition) is 1. The van der Waals surface area contributed by atoms with E-state index in [4.69, 9.17) is 4.74 Å². The Labute approximate surface area is 130 Å². The summed E-state index contributed by atoms with van der Waals surface area (Å²) in [6.07, 6.45) is 1.20. The van der Waals surface area contributed by atoms with Crippen LogP contribution in [0.5, 0.6) is 5.75 Å². The van der Waals surface area contributed by atoms with Crippen LogP contribution < -0.4 is 10.1 Å². The summed E-state index contributed by atoms with van der Waals surface area (Å²) in [6.45, 7) is 1.94. The van der Waals surface area contributed by atoms with Crippen molar-refractivity contribution in [3.63, 3.8) is 0 Å².